The first-order chi connectivity index (χ1) is 15.2. The van der Waals surface area contributed by atoms with Crippen LogP contribution in [0.1, 0.15) is 35.4 Å². The van der Waals surface area contributed by atoms with Crippen molar-refractivity contribution >= 4 is 57.9 Å². The molecule has 1 saturated carbocycles. The molecule has 0 radical (unpaired) electrons. The lowest BCUT2D eigenvalue weighted by Gasteiger charge is -2.23. The van der Waals surface area contributed by atoms with Crippen molar-refractivity contribution in [3.05, 3.63) is 61.2 Å². The van der Waals surface area contributed by atoms with E-state index in [9.17, 15) is 14.7 Å². The van der Waals surface area contributed by atoms with Crippen LogP contribution in [0.25, 0.3) is 5.65 Å². The van der Waals surface area contributed by atoms with Gasteiger partial charge in [-0.05, 0) is 43.4 Å². The minimum atomic E-state index is -1.21. The molecule has 5 rings (SSSR count). The number of anilines is 2. The molecule has 0 bridgehead atoms. The number of piperidine rings is 1. The van der Waals surface area contributed by atoms with E-state index < -0.39 is 17.6 Å². The molecule has 1 aliphatic heterocycles. The summed E-state index contributed by atoms with van der Waals surface area (Å²) in [5, 5.41) is 13.1. The number of nitrogens with zero attached hydrogens (tertiary/aromatic N) is 4. The number of rotatable bonds is 5. The molecule has 166 valence electrons. The van der Waals surface area contributed by atoms with Crippen LogP contribution in [-0.2, 0) is 0 Å². The third kappa shape index (κ3) is 3.66. The summed E-state index contributed by atoms with van der Waals surface area (Å²) in [6.07, 6.45) is 2.69. The molecule has 2 fully saturated rings. The highest BCUT2D eigenvalue weighted by atomic mass is 35.5. The molecule has 2 aliphatic rings. The maximum atomic E-state index is 13.0. The van der Waals surface area contributed by atoms with E-state index in [-0.39, 0.29) is 21.6 Å². The van der Waals surface area contributed by atoms with Crippen molar-refractivity contribution in [1.82, 2.24) is 14.4 Å². The number of fused-ring (bicyclic) bond motifs is 2. The van der Waals surface area contributed by atoms with Crippen LogP contribution in [0.3, 0.4) is 0 Å². The van der Waals surface area contributed by atoms with Gasteiger partial charge in [0.1, 0.15) is 15.8 Å². The van der Waals surface area contributed by atoms with Crippen LogP contribution in [0.2, 0.25) is 15.2 Å². The van der Waals surface area contributed by atoms with Crippen LogP contribution >= 0.6 is 34.8 Å². The van der Waals surface area contributed by atoms with E-state index in [0.29, 0.717) is 33.9 Å². The number of aromatic nitrogens is 3. The second kappa shape index (κ2) is 7.79. The maximum absolute atomic E-state index is 13.0. The molecule has 1 saturated heterocycles. The van der Waals surface area contributed by atoms with E-state index in [0.717, 1.165) is 13.1 Å². The summed E-state index contributed by atoms with van der Waals surface area (Å²) in [6.45, 7) is 3.49. The number of hydrogen-bond acceptors (Lipinski definition) is 6. The molecule has 8 nitrogen and oxygen atoms in total. The molecular formula is C21H18Cl3N5O3. The first kappa shape index (κ1) is 21.3. The van der Waals surface area contributed by atoms with Gasteiger partial charge in [-0.1, -0.05) is 34.8 Å². The number of pyridine rings is 2. The maximum Gasteiger partial charge on any atom is 0.356 e. The monoisotopic (exact) mass is 493 g/mol. The number of aromatic carboxylic acids is 1. The van der Waals surface area contributed by atoms with Crippen molar-refractivity contribution in [3.8, 4) is 0 Å². The normalized spacial score (nSPS) is 20.3. The standard InChI is InChI=1S/C21H18Cl3N5O3/c1-9(25-14-2-3-15(23)26-17(14)21(31)32)13-5-12(22)8-29-18(13)27-19(16(24)20(29)30)28-6-10-4-11(10)7-28/h2-3,5,8-11,25H,4,6-7H2,1H3,(H,31,32)/t9-,10?,11?/m1/s1. The van der Waals surface area contributed by atoms with Crippen molar-refractivity contribution in [2.75, 3.05) is 23.3 Å². The topological polar surface area (TPSA) is 99.8 Å². The quantitative estimate of drug-likeness (QED) is 0.508. The van der Waals surface area contributed by atoms with Crippen molar-refractivity contribution in [3.63, 3.8) is 0 Å². The number of halogens is 3. The van der Waals surface area contributed by atoms with Gasteiger partial charge < -0.3 is 15.3 Å². The van der Waals surface area contributed by atoms with Crippen molar-refractivity contribution in [1.29, 1.82) is 0 Å². The molecule has 3 atom stereocenters. The van der Waals surface area contributed by atoms with Crippen LogP contribution < -0.4 is 15.8 Å². The van der Waals surface area contributed by atoms with Crippen LogP contribution in [-0.4, -0.2) is 38.5 Å². The van der Waals surface area contributed by atoms with E-state index in [1.165, 1.54) is 23.1 Å². The minimum absolute atomic E-state index is 0.0627. The van der Waals surface area contributed by atoms with E-state index in [1.54, 1.807) is 12.1 Å². The largest absolute Gasteiger partial charge is 0.476 e. The number of hydrogen-bond donors (Lipinski definition) is 2. The van der Waals surface area contributed by atoms with Gasteiger partial charge in [-0.3, -0.25) is 9.20 Å². The Balaban J connectivity index is 1.60. The SMILES string of the molecule is C[C@@H](Nc1ccc(Cl)nc1C(=O)O)c1cc(Cl)cn2c(=O)c(Cl)c(N3CC4CC4C3)nc12. The Labute approximate surface area is 197 Å². The average molecular weight is 495 g/mol. The summed E-state index contributed by atoms with van der Waals surface area (Å²) in [4.78, 5) is 35.3. The summed E-state index contributed by atoms with van der Waals surface area (Å²) >= 11 is 18.6. The third-order valence-electron chi connectivity index (χ3n) is 6.03. The fourth-order valence-electron chi connectivity index (χ4n) is 4.32. The first-order valence-corrected chi connectivity index (χ1v) is 11.2. The van der Waals surface area contributed by atoms with Gasteiger partial charge in [-0.15, -0.1) is 0 Å². The third-order valence-corrected chi connectivity index (χ3v) is 6.78. The second-order valence-electron chi connectivity index (χ2n) is 8.22. The number of carboxylic acid groups (broad SMARTS) is 1. The molecule has 3 aromatic rings. The summed E-state index contributed by atoms with van der Waals surface area (Å²) in [5.74, 6) is 0.542. The highest BCUT2D eigenvalue weighted by Gasteiger charge is 2.46. The van der Waals surface area contributed by atoms with Crippen LogP contribution in [0.5, 0.6) is 0 Å². The zero-order chi connectivity index (χ0) is 22.7. The number of carboxylic acids is 1. The Bertz CT molecular complexity index is 1320. The highest BCUT2D eigenvalue weighted by molar-refractivity contribution is 6.33. The molecule has 4 heterocycles. The van der Waals surface area contributed by atoms with E-state index in [1.807, 2.05) is 6.92 Å². The van der Waals surface area contributed by atoms with Crippen molar-refractivity contribution in [2.24, 2.45) is 11.8 Å². The Kier molecular flexibility index (Phi) is 5.19. The zero-order valence-corrected chi connectivity index (χ0v) is 19.1. The molecule has 0 spiro atoms. The van der Waals surface area contributed by atoms with Gasteiger partial charge in [0.2, 0.25) is 0 Å². The lowest BCUT2D eigenvalue weighted by molar-refractivity contribution is 0.0691. The lowest BCUT2D eigenvalue weighted by atomic mass is 10.1. The Hall–Kier alpha value is -2.55. The van der Waals surface area contributed by atoms with Crippen molar-refractivity contribution in [2.45, 2.75) is 19.4 Å². The molecule has 1 aliphatic carbocycles. The van der Waals surface area contributed by atoms with Crippen molar-refractivity contribution < 1.29 is 9.90 Å². The molecule has 0 amide bonds. The fraction of sp³-hybridized carbons (Fsp3) is 0.333. The van der Waals surface area contributed by atoms with Gasteiger partial charge in [0.05, 0.1) is 16.8 Å². The van der Waals surface area contributed by atoms with Gasteiger partial charge >= 0.3 is 5.97 Å². The summed E-state index contributed by atoms with van der Waals surface area (Å²) < 4.78 is 1.33. The van der Waals surface area contributed by atoms with Gasteiger partial charge in [-0.25, -0.2) is 14.8 Å². The predicted octanol–water partition coefficient (Wildman–Crippen LogP) is 4.38. The first-order valence-electron chi connectivity index (χ1n) is 10.1. The zero-order valence-electron chi connectivity index (χ0n) is 16.8. The molecule has 2 N–H and O–H groups in total. The lowest BCUT2D eigenvalue weighted by Crippen LogP contribution is -2.28. The molecule has 0 aromatic carbocycles. The van der Waals surface area contributed by atoms with Crippen LogP contribution in [0.4, 0.5) is 11.5 Å². The molecule has 11 heteroatoms. The number of carbonyl (C=O) groups is 1. The fourth-order valence-corrected chi connectivity index (χ4v) is 4.94. The van der Waals surface area contributed by atoms with E-state index in [4.69, 9.17) is 39.8 Å². The Morgan fingerprint density at radius 1 is 1.22 bits per heavy atom. The Morgan fingerprint density at radius 2 is 1.94 bits per heavy atom. The second-order valence-corrected chi connectivity index (χ2v) is 9.43. The van der Waals surface area contributed by atoms with Crippen LogP contribution in [0, 0.1) is 11.8 Å². The smallest absolute Gasteiger partial charge is 0.356 e. The van der Waals surface area contributed by atoms with Gasteiger partial charge in [0.15, 0.2) is 11.5 Å². The Morgan fingerprint density at radius 3 is 2.62 bits per heavy atom. The molecule has 32 heavy (non-hydrogen) atoms. The van der Waals surface area contributed by atoms with Crippen LogP contribution in [0.15, 0.2) is 29.2 Å². The van der Waals surface area contributed by atoms with Gasteiger partial charge in [-0.2, -0.15) is 0 Å². The molecular weight excluding hydrogens is 477 g/mol. The summed E-state index contributed by atoms with van der Waals surface area (Å²) in [6, 6.07) is 4.28. The number of nitrogens with one attached hydrogen (secondary N) is 1. The molecule has 2 unspecified atom stereocenters. The minimum Gasteiger partial charge on any atom is -0.476 e. The summed E-state index contributed by atoms with van der Waals surface area (Å²) in [7, 11) is 0. The summed E-state index contributed by atoms with van der Waals surface area (Å²) in [5.41, 5.74) is 0.688. The van der Waals surface area contributed by atoms with Gasteiger partial charge in [0, 0.05) is 24.8 Å². The highest BCUT2D eigenvalue weighted by Crippen LogP contribution is 2.46. The van der Waals surface area contributed by atoms with E-state index in [2.05, 4.69) is 15.2 Å². The van der Waals surface area contributed by atoms with E-state index >= 15 is 0 Å². The average Bonchev–Trinajstić information content (AvgIpc) is 3.36. The van der Waals surface area contributed by atoms with Gasteiger partial charge in [0.25, 0.3) is 5.56 Å². The molecule has 3 aromatic heterocycles. The predicted molar refractivity (Wildman–Crippen MR) is 124 cm³/mol.